The second kappa shape index (κ2) is 3.94. The van der Waals surface area contributed by atoms with Gasteiger partial charge >= 0.3 is 0 Å². The zero-order valence-electron chi connectivity index (χ0n) is 7.39. The third kappa shape index (κ3) is 6.04. The topological polar surface area (TPSA) is 20.2 Å². The van der Waals surface area contributed by atoms with E-state index in [-0.39, 0.29) is 6.10 Å². The van der Waals surface area contributed by atoms with Crippen molar-refractivity contribution in [3.63, 3.8) is 0 Å². The predicted molar refractivity (Wildman–Crippen MR) is 49.0 cm³/mol. The second-order valence-electron chi connectivity index (χ2n) is 3.86. The van der Waals surface area contributed by atoms with Crippen molar-refractivity contribution >= 4 is 8.07 Å². The van der Waals surface area contributed by atoms with Crippen molar-refractivity contribution in [3.8, 4) is 0 Å². The molecule has 0 aliphatic carbocycles. The van der Waals surface area contributed by atoms with E-state index >= 15 is 0 Å². The third-order valence-corrected chi connectivity index (χ3v) is 2.88. The van der Waals surface area contributed by atoms with Gasteiger partial charge in [-0.3, -0.25) is 0 Å². The van der Waals surface area contributed by atoms with E-state index in [4.69, 9.17) is 0 Å². The van der Waals surface area contributed by atoms with Gasteiger partial charge in [0.25, 0.3) is 0 Å². The molecule has 0 saturated carbocycles. The summed E-state index contributed by atoms with van der Waals surface area (Å²) in [5, 5.41) is 9.33. The summed E-state index contributed by atoms with van der Waals surface area (Å²) in [6.07, 6.45) is 3.56. The summed E-state index contributed by atoms with van der Waals surface area (Å²) >= 11 is 0. The van der Waals surface area contributed by atoms with Crippen LogP contribution >= 0.6 is 0 Å². The van der Waals surface area contributed by atoms with Crippen molar-refractivity contribution in [2.75, 3.05) is 0 Å². The molecule has 0 bridgehead atoms. The first-order chi connectivity index (χ1) is 4.45. The maximum atomic E-state index is 9.33. The molecule has 0 aromatic heterocycles. The van der Waals surface area contributed by atoms with Gasteiger partial charge in [0.15, 0.2) is 0 Å². The zero-order valence-corrected chi connectivity index (χ0v) is 8.39. The van der Waals surface area contributed by atoms with Crippen LogP contribution in [0.15, 0.2) is 12.2 Å². The van der Waals surface area contributed by atoms with E-state index in [9.17, 15) is 5.11 Å². The average molecular weight is 158 g/mol. The Kier molecular flexibility index (Phi) is 3.90. The summed E-state index contributed by atoms with van der Waals surface area (Å²) in [7, 11) is -1.06. The molecule has 0 amide bonds. The van der Waals surface area contributed by atoms with Crippen LogP contribution in [0.2, 0.25) is 25.7 Å². The van der Waals surface area contributed by atoms with Crippen molar-refractivity contribution in [2.24, 2.45) is 0 Å². The zero-order chi connectivity index (χ0) is 8.20. The van der Waals surface area contributed by atoms with Gasteiger partial charge in [-0.1, -0.05) is 31.8 Å². The van der Waals surface area contributed by atoms with Crippen LogP contribution in [0.5, 0.6) is 0 Å². The molecule has 0 unspecified atom stereocenters. The highest BCUT2D eigenvalue weighted by Gasteiger charge is 2.16. The van der Waals surface area contributed by atoms with Crippen molar-refractivity contribution < 1.29 is 5.11 Å². The van der Waals surface area contributed by atoms with Crippen LogP contribution in [-0.2, 0) is 0 Å². The van der Waals surface area contributed by atoms with E-state index in [2.05, 4.69) is 19.6 Å². The Morgan fingerprint density at radius 1 is 1.40 bits per heavy atom. The van der Waals surface area contributed by atoms with Crippen LogP contribution < -0.4 is 0 Å². The lowest BCUT2D eigenvalue weighted by molar-refractivity contribution is 0.242. The fourth-order valence-corrected chi connectivity index (χ4v) is 2.31. The van der Waals surface area contributed by atoms with Gasteiger partial charge in [-0.05, 0) is 13.0 Å². The smallest absolute Gasteiger partial charge is 0.0697 e. The van der Waals surface area contributed by atoms with Gasteiger partial charge in [0.2, 0.25) is 0 Å². The minimum absolute atomic E-state index is 0.211. The highest BCUT2D eigenvalue weighted by atomic mass is 28.3. The minimum atomic E-state index is -1.06. The molecule has 0 radical (unpaired) electrons. The van der Waals surface area contributed by atoms with Crippen molar-refractivity contribution in [1.29, 1.82) is 0 Å². The summed E-state index contributed by atoms with van der Waals surface area (Å²) in [4.78, 5) is 0. The fourth-order valence-electron chi connectivity index (χ4n) is 0.918. The molecule has 0 aliphatic heterocycles. The van der Waals surface area contributed by atoms with E-state index in [1.54, 1.807) is 0 Å². The van der Waals surface area contributed by atoms with Gasteiger partial charge in [0, 0.05) is 8.07 Å². The summed E-state index contributed by atoms with van der Waals surface area (Å²) in [6.45, 7) is 8.73. The molecule has 0 rings (SSSR count). The molecule has 1 N–H and O–H groups in total. The van der Waals surface area contributed by atoms with Crippen LogP contribution in [0, 0.1) is 0 Å². The van der Waals surface area contributed by atoms with Gasteiger partial charge < -0.3 is 5.11 Å². The van der Waals surface area contributed by atoms with E-state index in [1.807, 2.05) is 19.1 Å². The van der Waals surface area contributed by atoms with Crippen LogP contribution in [0.3, 0.4) is 0 Å². The highest BCUT2D eigenvalue weighted by Crippen LogP contribution is 2.11. The van der Waals surface area contributed by atoms with Gasteiger partial charge in [-0.25, -0.2) is 0 Å². The maximum Gasteiger partial charge on any atom is 0.0697 e. The molecule has 60 valence electrons. The Labute approximate surface area is 64.8 Å². The minimum Gasteiger partial charge on any atom is -0.389 e. The lowest BCUT2D eigenvalue weighted by Crippen LogP contribution is -2.25. The molecule has 1 nitrogen and oxygen atoms in total. The molecule has 2 heteroatoms. The molecule has 10 heavy (non-hydrogen) atoms. The Morgan fingerprint density at radius 3 is 2.20 bits per heavy atom. The van der Waals surface area contributed by atoms with Gasteiger partial charge in [0.1, 0.15) is 0 Å². The first kappa shape index (κ1) is 9.92. The van der Waals surface area contributed by atoms with Gasteiger partial charge in [0.05, 0.1) is 6.10 Å². The normalized spacial score (nSPS) is 16.1. The fraction of sp³-hybridized carbons (Fsp3) is 0.750. The Morgan fingerprint density at radius 2 is 1.90 bits per heavy atom. The Balaban J connectivity index is 3.68. The average Bonchev–Trinajstić information content (AvgIpc) is 1.59. The summed E-state index contributed by atoms with van der Waals surface area (Å²) in [6, 6.07) is 0.970. The third-order valence-electron chi connectivity index (χ3n) is 1.24. The molecule has 0 saturated heterocycles. The van der Waals surface area contributed by atoms with Crippen LogP contribution in [-0.4, -0.2) is 19.3 Å². The van der Waals surface area contributed by atoms with Crippen LogP contribution in [0.4, 0.5) is 0 Å². The standard InChI is InChI=1S/C8H18OSi/c1-5-6-8(9)7-10(2,3)4/h5-6,8-9H,7H2,1-4H3/b6-5+/t8-/m1/s1. The predicted octanol–water partition coefficient (Wildman–Crippen LogP) is 2.26. The lowest BCUT2D eigenvalue weighted by atomic mass is 10.4. The number of aliphatic hydroxyl groups is 1. The molecule has 0 aromatic rings. The second-order valence-corrected chi connectivity index (χ2v) is 9.39. The number of allylic oxidation sites excluding steroid dienone is 1. The maximum absolute atomic E-state index is 9.33. The highest BCUT2D eigenvalue weighted by molar-refractivity contribution is 6.76. The number of rotatable bonds is 3. The Hall–Kier alpha value is -0.0831. The quantitative estimate of drug-likeness (QED) is 0.493. The molecule has 0 spiro atoms. The Bertz CT molecular complexity index is 113. The molecule has 1 atom stereocenters. The van der Waals surface area contributed by atoms with Crippen LogP contribution in [0.1, 0.15) is 6.92 Å². The van der Waals surface area contributed by atoms with E-state index in [1.165, 1.54) is 0 Å². The van der Waals surface area contributed by atoms with E-state index in [0.29, 0.717) is 0 Å². The number of hydrogen-bond acceptors (Lipinski definition) is 1. The summed E-state index contributed by atoms with van der Waals surface area (Å²) in [5.41, 5.74) is 0. The first-order valence-electron chi connectivity index (χ1n) is 3.76. The molecule has 0 aromatic carbocycles. The van der Waals surface area contributed by atoms with E-state index < -0.39 is 8.07 Å². The van der Waals surface area contributed by atoms with E-state index in [0.717, 1.165) is 6.04 Å². The molecule has 0 aliphatic rings. The SMILES string of the molecule is C/C=C/[C@@H](O)C[Si](C)(C)C. The molecule has 0 fully saturated rings. The molecule has 0 heterocycles. The lowest BCUT2D eigenvalue weighted by Gasteiger charge is -2.17. The first-order valence-corrected chi connectivity index (χ1v) is 7.47. The molecular weight excluding hydrogens is 140 g/mol. The van der Waals surface area contributed by atoms with Crippen molar-refractivity contribution in [2.45, 2.75) is 38.7 Å². The monoisotopic (exact) mass is 158 g/mol. The molecular formula is C8H18OSi. The number of hydrogen-bond donors (Lipinski definition) is 1. The van der Waals surface area contributed by atoms with Gasteiger partial charge in [-0.15, -0.1) is 0 Å². The largest absolute Gasteiger partial charge is 0.389 e. The number of aliphatic hydroxyl groups excluding tert-OH is 1. The summed E-state index contributed by atoms with van der Waals surface area (Å²) in [5.74, 6) is 0. The van der Waals surface area contributed by atoms with Crippen LogP contribution in [0.25, 0.3) is 0 Å². The van der Waals surface area contributed by atoms with Crippen molar-refractivity contribution in [3.05, 3.63) is 12.2 Å². The van der Waals surface area contributed by atoms with Crippen molar-refractivity contribution in [1.82, 2.24) is 0 Å². The van der Waals surface area contributed by atoms with Gasteiger partial charge in [-0.2, -0.15) is 0 Å². The summed E-state index contributed by atoms with van der Waals surface area (Å²) < 4.78 is 0.